The van der Waals surface area contributed by atoms with E-state index in [0.29, 0.717) is 26.1 Å². The predicted octanol–water partition coefficient (Wildman–Crippen LogP) is 0.602. The van der Waals surface area contributed by atoms with Crippen LogP contribution >= 0.6 is 22.6 Å². The second-order valence-corrected chi connectivity index (χ2v) is 4.82. The Balaban J connectivity index is 2.04. The monoisotopic (exact) mass is 358 g/mol. The Morgan fingerprint density at radius 1 is 1.56 bits per heavy atom. The lowest BCUT2D eigenvalue weighted by Crippen LogP contribution is -2.36. The summed E-state index contributed by atoms with van der Waals surface area (Å²) in [5.74, 6) is 0.227. The number of halogens is 1. The van der Waals surface area contributed by atoms with E-state index in [1.807, 2.05) is 6.07 Å². The van der Waals surface area contributed by atoms with Gasteiger partial charge in [-0.3, -0.25) is 0 Å². The number of nitrogens with one attached hydrogen (secondary N) is 1. The third kappa shape index (κ3) is 2.61. The first-order valence-corrected chi connectivity index (χ1v) is 6.40. The van der Waals surface area contributed by atoms with Gasteiger partial charge in [-0.15, -0.1) is 0 Å². The standard InChI is InChI=1S/C10H11IN6O/c11-8-6-4-17(10(18)14-3-1-2-12)5-7(6)15-9(13)16-8/h1,3-5H2,(H,14,18)(H2,13,15,16). The summed E-state index contributed by atoms with van der Waals surface area (Å²) in [6.07, 6.45) is 0.302. The smallest absolute Gasteiger partial charge is 0.318 e. The van der Waals surface area contributed by atoms with Gasteiger partial charge in [0.15, 0.2) is 0 Å². The van der Waals surface area contributed by atoms with Crippen LogP contribution in [0.3, 0.4) is 0 Å². The summed E-state index contributed by atoms with van der Waals surface area (Å²) in [6, 6.07) is 1.78. The molecule has 0 atom stereocenters. The average Bonchev–Trinajstić information content (AvgIpc) is 2.73. The molecule has 0 radical (unpaired) electrons. The summed E-state index contributed by atoms with van der Waals surface area (Å²) in [5, 5.41) is 11.1. The number of anilines is 1. The third-order valence-corrected chi connectivity index (χ3v) is 3.44. The van der Waals surface area contributed by atoms with Gasteiger partial charge in [0.1, 0.15) is 3.70 Å². The van der Waals surface area contributed by atoms with Crippen LogP contribution in [0.5, 0.6) is 0 Å². The molecule has 3 N–H and O–H groups in total. The van der Waals surface area contributed by atoms with E-state index in [2.05, 4.69) is 37.9 Å². The van der Waals surface area contributed by atoms with E-state index in [4.69, 9.17) is 11.0 Å². The number of hydrogen-bond donors (Lipinski definition) is 2. The fourth-order valence-corrected chi connectivity index (χ4v) is 2.44. The first-order chi connectivity index (χ1) is 8.61. The molecule has 2 rings (SSSR count). The summed E-state index contributed by atoms with van der Waals surface area (Å²) in [6.45, 7) is 1.26. The van der Waals surface area contributed by atoms with E-state index in [1.165, 1.54) is 0 Å². The number of amides is 2. The quantitative estimate of drug-likeness (QED) is 0.457. The van der Waals surface area contributed by atoms with Crippen LogP contribution in [0.2, 0.25) is 0 Å². The number of carbonyl (C=O) groups excluding carboxylic acids is 1. The van der Waals surface area contributed by atoms with Crippen molar-refractivity contribution in [2.75, 3.05) is 12.3 Å². The summed E-state index contributed by atoms with van der Waals surface area (Å²) in [7, 11) is 0. The van der Waals surface area contributed by atoms with Crippen molar-refractivity contribution < 1.29 is 4.79 Å². The zero-order chi connectivity index (χ0) is 13.1. The third-order valence-electron chi connectivity index (χ3n) is 2.55. The van der Waals surface area contributed by atoms with Gasteiger partial charge < -0.3 is 16.0 Å². The maximum absolute atomic E-state index is 11.8. The number of nitrogens with zero attached hydrogens (tertiary/aromatic N) is 4. The highest BCUT2D eigenvalue weighted by atomic mass is 127. The first kappa shape index (κ1) is 12.8. The largest absolute Gasteiger partial charge is 0.368 e. The van der Waals surface area contributed by atoms with Crippen molar-refractivity contribution in [1.82, 2.24) is 20.2 Å². The number of aromatic nitrogens is 2. The Labute approximate surface area is 118 Å². The van der Waals surface area contributed by atoms with Gasteiger partial charge in [0.2, 0.25) is 5.95 Å². The van der Waals surface area contributed by atoms with Crippen molar-refractivity contribution in [2.45, 2.75) is 19.5 Å². The topological polar surface area (TPSA) is 108 Å². The van der Waals surface area contributed by atoms with E-state index < -0.39 is 0 Å². The van der Waals surface area contributed by atoms with Crippen LogP contribution in [-0.4, -0.2) is 27.4 Å². The molecule has 0 aromatic carbocycles. The highest BCUT2D eigenvalue weighted by Crippen LogP contribution is 2.25. The maximum Gasteiger partial charge on any atom is 0.318 e. The molecule has 2 heterocycles. The number of hydrogen-bond acceptors (Lipinski definition) is 5. The fourth-order valence-electron chi connectivity index (χ4n) is 1.71. The summed E-state index contributed by atoms with van der Waals surface area (Å²) in [5.41, 5.74) is 7.31. The van der Waals surface area contributed by atoms with Crippen molar-refractivity contribution in [3.05, 3.63) is 15.0 Å². The number of fused-ring (bicyclic) bond motifs is 1. The molecule has 1 aliphatic heterocycles. The molecule has 0 bridgehead atoms. The number of carbonyl (C=O) groups is 1. The van der Waals surface area contributed by atoms with Crippen molar-refractivity contribution in [3.63, 3.8) is 0 Å². The van der Waals surface area contributed by atoms with Crippen molar-refractivity contribution in [1.29, 1.82) is 5.26 Å². The van der Waals surface area contributed by atoms with Crippen LogP contribution in [0, 0.1) is 15.0 Å². The second-order valence-electron chi connectivity index (χ2n) is 3.79. The van der Waals surface area contributed by atoms with Crippen molar-refractivity contribution >= 4 is 34.6 Å². The lowest BCUT2D eigenvalue weighted by Gasteiger charge is -2.15. The molecule has 2 amide bonds. The van der Waals surface area contributed by atoms with Gasteiger partial charge in [0.05, 0.1) is 31.3 Å². The van der Waals surface area contributed by atoms with Crippen LogP contribution in [0.4, 0.5) is 10.7 Å². The molecule has 7 nitrogen and oxygen atoms in total. The Morgan fingerprint density at radius 3 is 3.06 bits per heavy atom. The Hall–Kier alpha value is -1.63. The molecule has 1 aromatic heterocycles. The van der Waals surface area contributed by atoms with Gasteiger partial charge in [-0.25, -0.2) is 14.8 Å². The van der Waals surface area contributed by atoms with Crippen LogP contribution in [0.25, 0.3) is 0 Å². The number of urea groups is 1. The van der Waals surface area contributed by atoms with Gasteiger partial charge in [-0.1, -0.05) is 0 Å². The minimum Gasteiger partial charge on any atom is -0.368 e. The lowest BCUT2D eigenvalue weighted by molar-refractivity contribution is 0.198. The normalized spacial score (nSPS) is 13.0. The molecular formula is C10H11IN6O. The van der Waals surface area contributed by atoms with E-state index in [0.717, 1.165) is 15.0 Å². The van der Waals surface area contributed by atoms with Gasteiger partial charge in [0, 0.05) is 12.1 Å². The molecule has 0 spiro atoms. The zero-order valence-corrected chi connectivity index (χ0v) is 11.6. The number of nitrogens with two attached hydrogens (primary N) is 1. The average molecular weight is 358 g/mol. The molecule has 0 aliphatic carbocycles. The highest BCUT2D eigenvalue weighted by Gasteiger charge is 2.27. The summed E-state index contributed by atoms with van der Waals surface area (Å²) < 4.78 is 0.780. The van der Waals surface area contributed by atoms with E-state index in [9.17, 15) is 4.79 Å². The maximum atomic E-state index is 11.8. The molecule has 1 aliphatic rings. The molecule has 18 heavy (non-hydrogen) atoms. The van der Waals surface area contributed by atoms with E-state index in [-0.39, 0.29) is 12.0 Å². The molecule has 94 valence electrons. The number of rotatable bonds is 2. The van der Waals surface area contributed by atoms with Crippen LogP contribution in [0.15, 0.2) is 0 Å². The molecule has 0 saturated carbocycles. The van der Waals surface area contributed by atoms with Crippen LogP contribution in [-0.2, 0) is 13.1 Å². The summed E-state index contributed by atoms with van der Waals surface area (Å²) in [4.78, 5) is 21.6. The van der Waals surface area contributed by atoms with Gasteiger partial charge in [0.25, 0.3) is 0 Å². The van der Waals surface area contributed by atoms with Gasteiger partial charge in [-0.2, -0.15) is 5.26 Å². The van der Waals surface area contributed by atoms with E-state index >= 15 is 0 Å². The molecular weight excluding hydrogens is 347 g/mol. The van der Waals surface area contributed by atoms with Crippen molar-refractivity contribution in [2.24, 2.45) is 0 Å². The second kappa shape index (κ2) is 5.34. The Bertz CT molecular complexity index is 526. The summed E-state index contributed by atoms with van der Waals surface area (Å²) >= 11 is 2.09. The molecule has 0 unspecified atom stereocenters. The highest BCUT2D eigenvalue weighted by molar-refractivity contribution is 14.1. The minimum absolute atomic E-state index is 0.197. The molecule has 0 saturated heterocycles. The Kier molecular flexibility index (Phi) is 3.81. The molecule has 1 aromatic rings. The lowest BCUT2D eigenvalue weighted by atomic mass is 10.3. The zero-order valence-electron chi connectivity index (χ0n) is 9.48. The predicted molar refractivity (Wildman–Crippen MR) is 72.0 cm³/mol. The van der Waals surface area contributed by atoms with E-state index in [1.54, 1.807) is 4.90 Å². The minimum atomic E-state index is -0.197. The molecule has 8 heteroatoms. The van der Waals surface area contributed by atoms with Gasteiger partial charge in [-0.05, 0) is 22.6 Å². The molecule has 0 fully saturated rings. The number of nitrogen functional groups attached to an aromatic ring is 1. The Morgan fingerprint density at radius 2 is 2.33 bits per heavy atom. The van der Waals surface area contributed by atoms with Crippen LogP contribution in [0.1, 0.15) is 17.7 Å². The van der Waals surface area contributed by atoms with Crippen molar-refractivity contribution in [3.8, 4) is 6.07 Å². The fraction of sp³-hybridized carbons (Fsp3) is 0.400. The SMILES string of the molecule is N#CCCNC(=O)N1Cc2nc(N)nc(I)c2C1. The van der Waals surface area contributed by atoms with Crippen LogP contribution < -0.4 is 11.1 Å². The van der Waals surface area contributed by atoms with Gasteiger partial charge >= 0.3 is 6.03 Å². The number of nitriles is 1. The first-order valence-electron chi connectivity index (χ1n) is 5.32.